The molecule has 0 saturated heterocycles. The third kappa shape index (κ3) is 6.57. The van der Waals surface area contributed by atoms with Crippen molar-refractivity contribution < 1.29 is 9.87 Å². The van der Waals surface area contributed by atoms with Gasteiger partial charge in [0.05, 0.1) is 16.5 Å². The molecule has 0 amide bonds. The number of hydrogen-bond acceptors (Lipinski definition) is 2. The van der Waals surface area contributed by atoms with Crippen LogP contribution in [0.1, 0.15) is 5.48 Å². The van der Waals surface area contributed by atoms with Crippen LogP contribution in [0.15, 0.2) is 230 Å². The van der Waals surface area contributed by atoms with Crippen molar-refractivity contribution in [2.24, 2.45) is 0 Å². The van der Waals surface area contributed by atoms with Gasteiger partial charge in [-0.2, -0.15) is 0 Å². The first-order valence-corrected chi connectivity index (χ1v) is 19.2. The monoisotopic (exact) mass is 751 g/mol. The molecule has 9 aromatic carbocycles. The molecule has 58 heavy (non-hydrogen) atoms. The molecule has 0 aliphatic rings. The number of hydrogen-bond donors (Lipinski definition) is 0. The molecule has 0 N–H and O–H groups in total. The van der Waals surface area contributed by atoms with E-state index in [1.807, 2.05) is 133 Å². The molecular formula is C54H38FN3. The maximum absolute atomic E-state index is 14.0. The molecule has 4 heteroatoms. The Morgan fingerprint density at radius 2 is 0.776 bits per heavy atom. The van der Waals surface area contributed by atoms with Crippen molar-refractivity contribution >= 4 is 55.9 Å². The largest absolute Gasteiger partial charge is 0.311 e. The van der Waals surface area contributed by atoms with Crippen molar-refractivity contribution in [1.29, 1.82) is 0 Å². The van der Waals surface area contributed by atoms with E-state index in [2.05, 4.69) is 58.0 Å². The van der Waals surface area contributed by atoms with E-state index in [4.69, 9.17) is 0 Å². The van der Waals surface area contributed by atoms with E-state index >= 15 is 0 Å². The highest BCUT2D eigenvalue weighted by molar-refractivity contribution is 6.10. The average Bonchev–Trinajstić information content (AvgIpc) is 3.65. The fourth-order valence-electron chi connectivity index (χ4n) is 7.75. The lowest BCUT2D eigenvalue weighted by atomic mass is 9.99. The van der Waals surface area contributed by atoms with Gasteiger partial charge in [-0.05, 0) is 131 Å². The van der Waals surface area contributed by atoms with E-state index in [1.165, 1.54) is 12.1 Å². The Labute approximate surface area is 343 Å². The summed E-state index contributed by atoms with van der Waals surface area (Å²) in [4.78, 5) is 4.02. The molecule has 0 saturated carbocycles. The van der Waals surface area contributed by atoms with Gasteiger partial charge in [0.15, 0.2) is 0 Å². The molecule has 276 valence electrons. The number of aromatic nitrogens is 1. The molecule has 0 radical (unpaired) electrons. The number of benzene rings is 9. The molecule has 0 aliphatic heterocycles. The first-order chi connectivity index (χ1) is 30.4. The van der Waals surface area contributed by atoms with Crippen LogP contribution in [0.5, 0.6) is 0 Å². The van der Waals surface area contributed by atoms with Gasteiger partial charge in [0, 0.05) is 50.6 Å². The third-order valence-electron chi connectivity index (χ3n) is 10.5. The van der Waals surface area contributed by atoms with Crippen molar-refractivity contribution in [2.75, 3.05) is 9.80 Å². The van der Waals surface area contributed by atoms with Gasteiger partial charge < -0.3 is 14.4 Å². The van der Waals surface area contributed by atoms with E-state index in [-0.39, 0.29) is 41.2 Å². The predicted molar refractivity (Wildman–Crippen MR) is 241 cm³/mol. The summed E-state index contributed by atoms with van der Waals surface area (Å²) in [5.41, 5.74) is 10.1. The van der Waals surface area contributed by atoms with Gasteiger partial charge in [0.25, 0.3) is 0 Å². The quantitative estimate of drug-likeness (QED) is 0.145. The third-order valence-corrected chi connectivity index (χ3v) is 10.5. The molecule has 0 unspecified atom stereocenters. The van der Waals surface area contributed by atoms with Crippen LogP contribution in [0.25, 0.3) is 49.7 Å². The smallest absolute Gasteiger partial charge is 0.123 e. The Bertz CT molecular complexity index is 3140. The Kier molecular flexibility index (Phi) is 7.94. The summed E-state index contributed by atoms with van der Waals surface area (Å²) < 4.78 is 53.7. The second kappa shape index (κ2) is 15.1. The molecule has 1 heterocycles. The summed E-state index contributed by atoms with van der Waals surface area (Å²) in [5.74, 6) is -0.310. The van der Waals surface area contributed by atoms with E-state index in [0.29, 0.717) is 16.9 Å². The summed E-state index contributed by atoms with van der Waals surface area (Å²) in [7, 11) is 0. The Balaban J connectivity index is 1.02. The molecule has 0 fully saturated rings. The maximum atomic E-state index is 14.0. The van der Waals surface area contributed by atoms with Gasteiger partial charge in [-0.1, -0.05) is 121 Å². The summed E-state index contributed by atoms with van der Waals surface area (Å²) >= 11 is 0. The average molecular weight is 752 g/mol. The highest BCUT2D eigenvalue weighted by Crippen LogP contribution is 2.41. The van der Waals surface area contributed by atoms with Crippen molar-refractivity contribution in [3.8, 4) is 27.9 Å². The lowest BCUT2D eigenvalue weighted by Crippen LogP contribution is -2.09. The molecule has 0 aliphatic carbocycles. The standard InChI is InChI=1S/C54H38FN3/c55-43-28-34-49(35-29-43)58-53-19-11-10-18-51(53)52-38-50(36-37-54(52)58)57(46-16-8-3-9-17-46)48-32-26-42(27-33-48)40-22-20-39(21-23-40)41-24-30-47(31-25-41)56(44-12-4-1-5-13-44)45-14-6-2-7-15-45/h1-38H/i26D,27D,32D,33D. The second-order valence-electron chi connectivity index (χ2n) is 14.1. The number of anilines is 6. The minimum Gasteiger partial charge on any atom is -0.311 e. The lowest BCUT2D eigenvalue weighted by molar-refractivity contribution is 0.627. The van der Waals surface area contributed by atoms with Crippen molar-refractivity contribution in [3.63, 3.8) is 0 Å². The van der Waals surface area contributed by atoms with Crippen LogP contribution in [0.3, 0.4) is 0 Å². The number of halogens is 1. The zero-order valence-electron chi connectivity index (χ0n) is 35.3. The van der Waals surface area contributed by atoms with Crippen LogP contribution < -0.4 is 9.80 Å². The minimum atomic E-state index is -0.310. The molecule has 0 bridgehead atoms. The van der Waals surface area contributed by atoms with Gasteiger partial charge >= 0.3 is 0 Å². The number of para-hydroxylation sites is 4. The van der Waals surface area contributed by atoms with Crippen LogP contribution in [0.4, 0.5) is 38.5 Å². The first-order valence-electron chi connectivity index (χ1n) is 21.2. The molecule has 3 nitrogen and oxygen atoms in total. The first kappa shape index (κ1) is 30.5. The molecule has 0 atom stereocenters. The minimum absolute atomic E-state index is 0.130. The van der Waals surface area contributed by atoms with E-state index in [9.17, 15) is 9.87 Å². The zero-order valence-corrected chi connectivity index (χ0v) is 31.3. The molecular weight excluding hydrogens is 710 g/mol. The molecule has 10 rings (SSSR count). The Hall–Kier alpha value is -7.69. The highest BCUT2D eigenvalue weighted by atomic mass is 19.1. The van der Waals surface area contributed by atoms with Crippen molar-refractivity contribution in [2.45, 2.75) is 0 Å². The Morgan fingerprint density at radius 3 is 1.34 bits per heavy atom. The molecule has 0 spiro atoms. The fourth-order valence-corrected chi connectivity index (χ4v) is 7.75. The van der Waals surface area contributed by atoms with Gasteiger partial charge in [-0.25, -0.2) is 4.39 Å². The lowest BCUT2D eigenvalue weighted by Gasteiger charge is -2.26. The SMILES string of the molecule is [2H]c1c([2H])c(N(c2ccccc2)c2ccc3c(c2)c2ccccc2n3-c2ccc(F)cc2)c([2H])c([2H])c1-c1ccc(-c2ccc(N(c3ccccc3)c3ccccc3)cc2)cc1. The van der Waals surface area contributed by atoms with E-state index in [1.54, 1.807) is 17.0 Å². The number of fused-ring (bicyclic) bond motifs is 3. The summed E-state index contributed by atoms with van der Waals surface area (Å²) in [6.07, 6.45) is 0. The van der Waals surface area contributed by atoms with E-state index < -0.39 is 0 Å². The molecule has 10 aromatic rings. The second-order valence-corrected chi connectivity index (χ2v) is 14.1. The maximum Gasteiger partial charge on any atom is 0.123 e. The topological polar surface area (TPSA) is 11.4 Å². The zero-order chi connectivity index (χ0) is 42.3. The number of nitrogens with zero attached hydrogens (tertiary/aromatic N) is 3. The van der Waals surface area contributed by atoms with Crippen molar-refractivity contribution in [3.05, 3.63) is 236 Å². The van der Waals surface area contributed by atoms with Crippen LogP contribution in [0.2, 0.25) is 0 Å². The van der Waals surface area contributed by atoms with E-state index in [0.717, 1.165) is 55.7 Å². The summed E-state index contributed by atoms with van der Waals surface area (Å²) in [6.45, 7) is 0. The summed E-state index contributed by atoms with van der Waals surface area (Å²) in [5, 5.41) is 1.91. The number of rotatable bonds is 9. The fraction of sp³-hybridized carbons (Fsp3) is 0. The molecule has 1 aromatic heterocycles. The Morgan fingerprint density at radius 1 is 0.345 bits per heavy atom. The van der Waals surface area contributed by atoms with Gasteiger partial charge in [-0.3, -0.25) is 0 Å². The van der Waals surface area contributed by atoms with Gasteiger partial charge in [0.2, 0.25) is 0 Å². The van der Waals surface area contributed by atoms with Crippen molar-refractivity contribution in [1.82, 2.24) is 4.57 Å². The van der Waals surface area contributed by atoms with Gasteiger partial charge in [-0.15, -0.1) is 0 Å². The predicted octanol–water partition coefficient (Wildman–Crippen LogP) is 15.2. The van der Waals surface area contributed by atoms with Crippen LogP contribution in [0, 0.1) is 5.82 Å². The summed E-state index contributed by atoms with van der Waals surface area (Å²) in [6, 6.07) is 65.9. The normalized spacial score (nSPS) is 12.2. The van der Waals surface area contributed by atoms with Crippen LogP contribution in [-0.4, -0.2) is 4.57 Å². The van der Waals surface area contributed by atoms with Crippen LogP contribution in [-0.2, 0) is 0 Å². The highest BCUT2D eigenvalue weighted by Gasteiger charge is 2.18. The van der Waals surface area contributed by atoms with Gasteiger partial charge in [0.1, 0.15) is 5.82 Å². The van der Waals surface area contributed by atoms with Crippen LogP contribution >= 0.6 is 0 Å².